The lowest BCUT2D eigenvalue weighted by Gasteiger charge is -1.97. The molecule has 0 atom stereocenters. The van der Waals surface area contributed by atoms with Crippen molar-refractivity contribution in [3.05, 3.63) is 82.9 Å². The molecule has 0 saturated carbocycles. The summed E-state index contributed by atoms with van der Waals surface area (Å²) in [4.78, 5) is 0. The molecular formula is C18H18. The van der Waals surface area contributed by atoms with Gasteiger partial charge in [0.25, 0.3) is 0 Å². The summed E-state index contributed by atoms with van der Waals surface area (Å²) in [7, 11) is 0. The number of hydrogen-bond acceptors (Lipinski definition) is 0. The van der Waals surface area contributed by atoms with E-state index in [4.69, 9.17) is 0 Å². The first-order valence-corrected chi connectivity index (χ1v) is 6.22. The fourth-order valence-corrected chi connectivity index (χ4v) is 1.77. The van der Waals surface area contributed by atoms with Crippen LogP contribution in [0, 0.1) is 6.92 Å². The zero-order valence-corrected chi connectivity index (χ0v) is 10.9. The second kappa shape index (κ2) is 6.02. The quantitative estimate of drug-likeness (QED) is 0.647. The molecule has 0 heterocycles. The largest absolute Gasteiger partial charge is 0.0622 e. The number of aryl methyl sites for hydroxylation is 1. The molecule has 0 unspecified atom stereocenters. The average Bonchev–Trinajstić information content (AvgIpc) is 2.39. The Kier molecular flexibility index (Phi) is 4.14. The Hall–Kier alpha value is -2.08. The normalized spacial score (nSPS) is 12.0. The highest BCUT2D eigenvalue weighted by Gasteiger charge is 1.88. The van der Waals surface area contributed by atoms with E-state index in [9.17, 15) is 0 Å². The molecule has 0 bridgehead atoms. The van der Waals surface area contributed by atoms with Crippen molar-refractivity contribution >= 4 is 12.2 Å². The maximum absolute atomic E-state index is 2.19. The predicted molar refractivity (Wildman–Crippen MR) is 80.3 cm³/mol. The molecule has 0 aliphatic rings. The van der Waals surface area contributed by atoms with Gasteiger partial charge in [-0.2, -0.15) is 0 Å². The summed E-state index contributed by atoms with van der Waals surface area (Å²) in [6, 6.07) is 18.9. The molecule has 0 aliphatic carbocycles. The van der Waals surface area contributed by atoms with Crippen molar-refractivity contribution in [3.63, 3.8) is 0 Å². The van der Waals surface area contributed by atoms with E-state index in [1.807, 2.05) is 6.07 Å². The Bertz CT molecular complexity index is 542. The van der Waals surface area contributed by atoms with Gasteiger partial charge in [0.15, 0.2) is 0 Å². The van der Waals surface area contributed by atoms with Crippen LogP contribution in [0.1, 0.15) is 23.6 Å². The summed E-state index contributed by atoms with van der Waals surface area (Å²) in [5.74, 6) is 0. The second-order valence-electron chi connectivity index (χ2n) is 4.54. The van der Waals surface area contributed by atoms with Crippen LogP contribution in [0.2, 0.25) is 0 Å². The molecule has 0 amide bonds. The molecule has 2 rings (SSSR count). The van der Waals surface area contributed by atoms with E-state index in [-0.39, 0.29) is 0 Å². The highest BCUT2D eigenvalue weighted by Crippen LogP contribution is 2.10. The highest BCUT2D eigenvalue weighted by molar-refractivity contribution is 5.60. The van der Waals surface area contributed by atoms with Crippen LogP contribution in [-0.2, 0) is 0 Å². The third-order valence-corrected chi connectivity index (χ3v) is 2.81. The van der Waals surface area contributed by atoms with Crippen molar-refractivity contribution < 1.29 is 0 Å². The molecule has 0 spiro atoms. The van der Waals surface area contributed by atoms with E-state index >= 15 is 0 Å². The molecule has 0 saturated heterocycles. The van der Waals surface area contributed by atoms with Gasteiger partial charge in [0.05, 0.1) is 0 Å². The van der Waals surface area contributed by atoms with Crippen LogP contribution in [0.5, 0.6) is 0 Å². The Morgan fingerprint density at radius 2 is 1.50 bits per heavy atom. The summed E-state index contributed by atoms with van der Waals surface area (Å²) in [6.07, 6.45) is 6.48. The van der Waals surface area contributed by atoms with Crippen molar-refractivity contribution in [2.45, 2.75) is 13.8 Å². The van der Waals surface area contributed by atoms with Gasteiger partial charge in [0.2, 0.25) is 0 Å². The number of rotatable bonds is 3. The minimum absolute atomic E-state index is 1.24. The van der Waals surface area contributed by atoms with E-state index in [2.05, 4.69) is 80.6 Å². The van der Waals surface area contributed by atoms with Gasteiger partial charge in [-0.25, -0.2) is 0 Å². The minimum Gasteiger partial charge on any atom is -0.0622 e. The van der Waals surface area contributed by atoms with Crippen LogP contribution in [0.3, 0.4) is 0 Å². The van der Waals surface area contributed by atoms with Crippen molar-refractivity contribution in [1.82, 2.24) is 0 Å². The Morgan fingerprint density at radius 1 is 0.833 bits per heavy atom. The van der Waals surface area contributed by atoms with Gasteiger partial charge in [0, 0.05) is 0 Å². The van der Waals surface area contributed by atoms with Crippen molar-refractivity contribution in [2.24, 2.45) is 0 Å². The molecule has 2 aromatic rings. The lowest BCUT2D eigenvalue weighted by molar-refractivity contribution is 1.46. The van der Waals surface area contributed by atoms with E-state index in [1.165, 1.54) is 22.3 Å². The van der Waals surface area contributed by atoms with Crippen molar-refractivity contribution in [2.75, 3.05) is 0 Å². The minimum atomic E-state index is 1.24. The lowest BCUT2D eigenvalue weighted by Crippen LogP contribution is -1.75. The van der Waals surface area contributed by atoms with Crippen molar-refractivity contribution in [3.8, 4) is 0 Å². The van der Waals surface area contributed by atoms with E-state index in [0.717, 1.165) is 0 Å². The van der Waals surface area contributed by atoms with Crippen LogP contribution in [0.25, 0.3) is 12.2 Å². The molecule has 0 radical (unpaired) electrons. The number of hydrogen-bond donors (Lipinski definition) is 0. The van der Waals surface area contributed by atoms with Gasteiger partial charge in [-0.3, -0.25) is 0 Å². The SMILES string of the molecule is CC(C=Cc1ccc(C)cc1)=Cc1ccccc1. The van der Waals surface area contributed by atoms with Crippen LogP contribution >= 0.6 is 0 Å². The van der Waals surface area contributed by atoms with Gasteiger partial charge in [0.1, 0.15) is 0 Å². The van der Waals surface area contributed by atoms with Gasteiger partial charge in [-0.15, -0.1) is 0 Å². The van der Waals surface area contributed by atoms with E-state index in [1.54, 1.807) is 0 Å². The monoisotopic (exact) mass is 234 g/mol. The van der Waals surface area contributed by atoms with Gasteiger partial charge >= 0.3 is 0 Å². The predicted octanol–water partition coefficient (Wildman–Crippen LogP) is 5.11. The first kappa shape index (κ1) is 12.4. The molecular weight excluding hydrogens is 216 g/mol. The standard InChI is InChI=1S/C18H18/c1-15-8-11-17(12-9-15)13-10-16(2)14-18-6-4-3-5-7-18/h3-14H,1-2H3. The molecule has 0 heteroatoms. The summed E-state index contributed by atoms with van der Waals surface area (Å²) >= 11 is 0. The second-order valence-corrected chi connectivity index (χ2v) is 4.54. The zero-order chi connectivity index (χ0) is 12.8. The van der Waals surface area contributed by atoms with E-state index in [0.29, 0.717) is 0 Å². The van der Waals surface area contributed by atoms with Crippen LogP contribution in [0.15, 0.2) is 66.2 Å². The fourth-order valence-electron chi connectivity index (χ4n) is 1.77. The van der Waals surface area contributed by atoms with Crippen LogP contribution in [-0.4, -0.2) is 0 Å². The van der Waals surface area contributed by atoms with Gasteiger partial charge < -0.3 is 0 Å². The van der Waals surface area contributed by atoms with Gasteiger partial charge in [-0.1, -0.05) is 84.0 Å². The Morgan fingerprint density at radius 3 is 2.17 bits per heavy atom. The average molecular weight is 234 g/mol. The summed E-state index contributed by atoms with van der Waals surface area (Å²) in [5, 5.41) is 0. The molecule has 0 aromatic heterocycles. The highest BCUT2D eigenvalue weighted by atomic mass is 13.9. The molecule has 18 heavy (non-hydrogen) atoms. The summed E-state index contributed by atoms with van der Waals surface area (Å²) in [6.45, 7) is 4.23. The first-order valence-electron chi connectivity index (χ1n) is 6.22. The summed E-state index contributed by atoms with van der Waals surface area (Å²) in [5.41, 5.74) is 5.02. The fraction of sp³-hybridized carbons (Fsp3) is 0.111. The molecule has 90 valence electrons. The maximum atomic E-state index is 2.19. The lowest BCUT2D eigenvalue weighted by atomic mass is 10.1. The van der Waals surface area contributed by atoms with E-state index < -0.39 is 0 Å². The van der Waals surface area contributed by atoms with Crippen LogP contribution in [0.4, 0.5) is 0 Å². The Labute approximate surface area is 109 Å². The molecule has 2 aromatic carbocycles. The number of benzene rings is 2. The topological polar surface area (TPSA) is 0 Å². The maximum Gasteiger partial charge on any atom is -0.0254 e. The molecule has 0 aliphatic heterocycles. The number of allylic oxidation sites excluding steroid dienone is 2. The first-order chi connectivity index (χ1) is 8.74. The zero-order valence-electron chi connectivity index (χ0n) is 10.9. The smallest absolute Gasteiger partial charge is 0.0254 e. The molecule has 0 fully saturated rings. The Balaban J connectivity index is 2.09. The van der Waals surface area contributed by atoms with Crippen LogP contribution < -0.4 is 0 Å². The molecule has 0 nitrogen and oxygen atoms in total. The van der Waals surface area contributed by atoms with Gasteiger partial charge in [-0.05, 0) is 25.0 Å². The molecule has 0 N–H and O–H groups in total. The third kappa shape index (κ3) is 3.74. The summed E-state index contributed by atoms with van der Waals surface area (Å²) < 4.78 is 0. The third-order valence-electron chi connectivity index (χ3n) is 2.81. The van der Waals surface area contributed by atoms with Crippen molar-refractivity contribution in [1.29, 1.82) is 0 Å².